The summed E-state index contributed by atoms with van der Waals surface area (Å²) in [6.07, 6.45) is 5.76. The van der Waals surface area contributed by atoms with Crippen LogP contribution in [0.25, 0.3) is 0 Å². The van der Waals surface area contributed by atoms with Gasteiger partial charge < -0.3 is 5.11 Å². The lowest BCUT2D eigenvalue weighted by Crippen LogP contribution is -2.50. The molecule has 1 N–H and O–H groups in total. The first-order chi connectivity index (χ1) is 7.07. The molecular weight excluding hydrogens is 198 g/mol. The smallest absolute Gasteiger partial charge is 0.327 e. The van der Waals surface area contributed by atoms with Crippen molar-refractivity contribution in [1.29, 1.82) is 0 Å². The number of terminal acetylenes is 1. The van der Waals surface area contributed by atoms with Crippen molar-refractivity contribution in [2.45, 2.75) is 31.7 Å². The topological polar surface area (TPSA) is 74.7 Å². The Morgan fingerprint density at radius 2 is 2.00 bits per heavy atom. The number of hydrogen-bond acceptors (Lipinski definition) is 3. The monoisotopic (exact) mass is 209 g/mol. The van der Waals surface area contributed by atoms with Crippen LogP contribution in [0.15, 0.2) is 0 Å². The molecule has 0 aromatic rings. The van der Waals surface area contributed by atoms with Crippen molar-refractivity contribution in [1.82, 2.24) is 4.90 Å². The fourth-order valence-corrected chi connectivity index (χ4v) is 1.52. The molecule has 1 aliphatic rings. The fourth-order valence-electron chi connectivity index (χ4n) is 1.52. The van der Waals surface area contributed by atoms with Gasteiger partial charge in [0.15, 0.2) is 0 Å². The van der Waals surface area contributed by atoms with Crippen LogP contribution in [-0.2, 0) is 14.4 Å². The first-order valence-corrected chi connectivity index (χ1v) is 4.59. The molecule has 1 aliphatic heterocycles. The molecule has 1 unspecified atom stereocenters. The van der Waals surface area contributed by atoms with Crippen molar-refractivity contribution < 1.29 is 19.5 Å². The van der Waals surface area contributed by atoms with Gasteiger partial charge >= 0.3 is 5.97 Å². The van der Waals surface area contributed by atoms with Gasteiger partial charge in [-0.2, -0.15) is 0 Å². The number of carboxylic acids is 1. The van der Waals surface area contributed by atoms with E-state index in [0.29, 0.717) is 6.42 Å². The molecule has 1 atom stereocenters. The number of nitrogens with zero attached hydrogens (tertiary/aromatic N) is 1. The van der Waals surface area contributed by atoms with Gasteiger partial charge in [0.05, 0.1) is 0 Å². The van der Waals surface area contributed by atoms with Crippen molar-refractivity contribution in [3.63, 3.8) is 0 Å². The Morgan fingerprint density at radius 1 is 1.47 bits per heavy atom. The van der Waals surface area contributed by atoms with Gasteiger partial charge in [0.1, 0.15) is 6.04 Å². The summed E-state index contributed by atoms with van der Waals surface area (Å²) in [4.78, 5) is 34.4. The lowest BCUT2D eigenvalue weighted by molar-refractivity contribution is -0.160. The third kappa shape index (κ3) is 2.34. The molecule has 1 heterocycles. The van der Waals surface area contributed by atoms with E-state index in [1.807, 2.05) is 0 Å². The average Bonchev–Trinajstić information content (AvgIpc) is 2.15. The standard InChI is InChI=1S/C10H11NO4/c1-2-4-7(10(14)15)11-8(12)5-3-6-9(11)13/h1,7H,3-6H2,(H,14,15). The van der Waals surface area contributed by atoms with E-state index in [1.54, 1.807) is 0 Å². The van der Waals surface area contributed by atoms with E-state index in [9.17, 15) is 14.4 Å². The quantitative estimate of drug-likeness (QED) is 0.524. The zero-order chi connectivity index (χ0) is 11.4. The number of carbonyl (C=O) groups is 3. The third-order valence-corrected chi connectivity index (χ3v) is 2.23. The van der Waals surface area contributed by atoms with Crippen molar-refractivity contribution in [2.75, 3.05) is 0 Å². The van der Waals surface area contributed by atoms with Crippen molar-refractivity contribution >= 4 is 17.8 Å². The number of likely N-dealkylation sites (tertiary alicyclic amines) is 1. The summed E-state index contributed by atoms with van der Waals surface area (Å²) in [5.74, 6) is 0.0211. The SMILES string of the molecule is C#CCC(C(=O)O)N1C(=O)CCCC1=O. The molecule has 5 heteroatoms. The Labute approximate surface area is 87.1 Å². The minimum absolute atomic E-state index is 0.146. The molecule has 5 nitrogen and oxygen atoms in total. The molecule has 0 saturated carbocycles. The first kappa shape index (κ1) is 11.2. The maximum absolute atomic E-state index is 11.4. The third-order valence-electron chi connectivity index (χ3n) is 2.23. The van der Waals surface area contributed by atoms with E-state index in [-0.39, 0.29) is 19.3 Å². The predicted molar refractivity (Wildman–Crippen MR) is 50.6 cm³/mol. The molecular formula is C10H11NO4. The van der Waals surface area contributed by atoms with Crippen LogP contribution in [0.1, 0.15) is 25.7 Å². The van der Waals surface area contributed by atoms with Crippen LogP contribution in [0, 0.1) is 12.3 Å². The summed E-state index contributed by atoms with van der Waals surface area (Å²) in [6.45, 7) is 0. The second-order valence-electron chi connectivity index (χ2n) is 3.27. The highest BCUT2D eigenvalue weighted by molar-refractivity contribution is 6.01. The van der Waals surface area contributed by atoms with Crippen LogP contribution >= 0.6 is 0 Å². The van der Waals surface area contributed by atoms with Gasteiger partial charge in [0.2, 0.25) is 11.8 Å². The number of carboxylic acid groups (broad SMARTS) is 1. The Morgan fingerprint density at radius 3 is 2.40 bits per heavy atom. The highest BCUT2D eigenvalue weighted by Gasteiger charge is 2.35. The van der Waals surface area contributed by atoms with Crippen LogP contribution in [0.5, 0.6) is 0 Å². The summed E-state index contributed by atoms with van der Waals surface area (Å²) in [7, 11) is 0. The molecule has 0 aliphatic carbocycles. The van der Waals surface area contributed by atoms with E-state index in [4.69, 9.17) is 11.5 Å². The van der Waals surface area contributed by atoms with Gasteiger partial charge in [-0.1, -0.05) is 0 Å². The molecule has 0 radical (unpaired) electrons. The minimum atomic E-state index is -1.24. The van der Waals surface area contributed by atoms with Crippen molar-refractivity contribution in [3.8, 4) is 12.3 Å². The second kappa shape index (κ2) is 4.60. The molecule has 1 rings (SSSR count). The van der Waals surface area contributed by atoms with Crippen LogP contribution in [-0.4, -0.2) is 33.8 Å². The Hall–Kier alpha value is -1.83. The van der Waals surface area contributed by atoms with Gasteiger partial charge in [-0.15, -0.1) is 12.3 Å². The molecule has 1 saturated heterocycles. The van der Waals surface area contributed by atoms with Crippen LogP contribution < -0.4 is 0 Å². The Kier molecular flexibility index (Phi) is 3.45. The van der Waals surface area contributed by atoms with Crippen LogP contribution in [0.4, 0.5) is 0 Å². The van der Waals surface area contributed by atoms with Gasteiger partial charge in [-0.05, 0) is 6.42 Å². The molecule has 0 bridgehead atoms. The second-order valence-corrected chi connectivity index (χ2v) is 3.27. The van der Waals surface area contributed by atoms with E-state index in [2.05, 4.69) is 5.92 Å². The summed E-state index contributed by atoms with van der Waals surface area (Å²) >= 11 is 0. The zero-order valence-corrected chi connectivity index (χ0v) is 8.10. The largest absolute Gasteiger partial charge is 0.480 e. The predicted octanol–water partition coefficient (Wildman–Crippen LogP) is 0.00200. The van der Waals surface area contributed by atoms with E-state index in [1.165, 1.54) is 0 Å². The summed E-state index contributed by atoms with van der Waals surface area (Å²) in [6, 6.07) is -1.21. The number of carbonyl (C=O) groups excluding carboxylic acids is 2. The maximum atomic E-state index is 11.4. The fraction of sp³-hybridized carbons (Fsp3) is 0.500. The lowest BCUT2D eigenvalue weighted by Gasteiger charge is -2.29. The molecule has 2 amide bonds. The number of rotatable bonds is 3. The van der Waals surface area contributed by atoms with Crippen LogP contribution in [0.2, 0.25) is 0 Å². The number of aliphatic carboxylic acids is 1. The van der Waals surface area contributed by atoms with E-state index < -0.39 is 23.8 Å². The van der Waals surface area contributed by atoms with E-state index in [0.717, 1.165) is 4.90 Å². The summed E-state index contributed by atoms with van der Waals surface area (Å²) < 4.78 is 0. The van der Waals surface area contributed by atoms with Crippen molar-refractivity contribution in [2.24, 2.45) is 0 Å². The zero-order valence-electron chi connectivity index (χ0n) is 8.10. The van der Waals surface area contributed by atoms with Crippen LogP contribution in [0.3, 0.4) is 0 Å². The number of amides is 2. The average molecular weight is 209 g/mol. The first-order valence-electron chi connectivity index (χ1n) is 4.59. The van der Waals surface area contributed by atoms with Gasteiger partial charge in [0, 0.05) is 19.3 Å². The Bertz CT molecular complexity index is 326. The molecule has 0 aromatic carbocycles. The highest BCUT2D eigenvalue weighted by Crippen LogP contribution is 2.17. The summed E-state index contributed by atoms with van der Waals surface area (Å²) in [5, 5.41) is 8.85. The number of hydrogen-bond donors (Lipinski definition) is 1. The minimum Gasteiger partial charge on any atom is -0.480 e. The maximum Gasteiger partial charge on any atom is 0.327 e. The summed E-state index contributed by atoms with van der Waals surface area (Å²) in [5.41, 5.74) is 0. The van der Waals surface area contributed by atoms with Gasteiger partial charge in [0.25, 0.3) is 0 Å². The molecule has 0 aromatic heterocycles. The number of piperidine rings is 1. The van der Waals surface area contributed by atoms with Gasteiger partial charge in [-0.3, -0.25) is 14.5 Å². The highest BCUT2D eigenvalue weighted by atomic mass is 16.4. The molecule has 80 valence electrons. The molecule has 0 spiro atoms. The lowest BCUT2D eigenvalue weighted by atomic mass is 10.1. The molecule has 1 fully saturated rings. The number of imide groups is 1. The van der Waals surface area contributed by atoms with Gasteiger partial charge in [-0.25, -0.2) is 4.79 Å². The molecule has 15 heavy (non-hydrogen) atoms. The van der Waals surface area contributed by atoms with Crippen molar-refractivity contribution in [3.05, 3.63) is 0 Å². The van der Waals surface area contributed by atoms with E-state index >= 15 is 0 Å². The Balaban J connectivity index is 2.89. The normalized spacial score (nSPS) is 18.5.